The lowest BCUT2D eigenvalue weighted by Crippen LogP contribution is -2.32. The summed E-state index contributed by atoms with van der Waals surface area (Å²) in [5.74, 6) is 0.747. The molecule has 6 nitrogen and oxygen atoms in total. The van der Waals surface area contributed by atoms with Crippen molar-refractivity contribution in [1.82, 2.24) is 0 Å². The van der Waals surface area contributed by atoms with E-state index in [2.05, 4.69) is 20.8 Å². The van der Waals surface area contributed by atoms with Gasteiger partial charge in [-0.05, 0) is 30.6 Å². The third kappa shape index (κ3) is 9.89. The van der Waals surface area contributed by atoms with Crippen molar-refractivity contribution in [3.05, 3.63) is 0 Å². The smallest absolute Gasteiger partial charge is 0.308 e. The van der Waals surface area contributed by atoms with Crippen LogP contribution in [0.2, 0.25) is 0 Å². The van der Waals surface area contributed by atoms with Crippen molar-refractivity contribution < 1.29 is 19.1 Å². The summed E-state index contributed by atoms with van der Waals surface area (Å²) in [7, 11) is 1.48. The molecule has 1 aliphatic rings. The molecule has 19 heavy (non-hydrogen) atoms. The summed E-state index contributed by atoms with van der Waals surface area (Å²) in [6.45, 7) is 6.69. The molecule has 0 spiro atoms. The van der Waals surface area contributed by atoms with Gasteiger partial charge in [-0.25, -0.2) is 20.4 Å². The van der Waals surface area contributed by atoms with Crippen molar-refractivity contribution >= 4 is 18.1 Å². The lowest BCUT2D eigenvalue weighted by molar-refractivity contribution is -0.148. The summed E-state index contributed by atoms with van der Waals surface area (Å²) in [5, 5.41) is 10.8. The van der Waals surface area contributed by atoms with Crippen molar-refractivity contribution in [3.8, 4) is 0 Å². The Morgan fingerprint density at radius 2 is 1.63 bits per heavy atom. The van der Waals surface area contributed by atoms with Crippen LogP contribution >= 0.6 is 0 Å². The number of nitrogens with one attached hydrogen (secondary N) is 2. The van der Waals surface area contributed by atoms with Crippen LogP contribution in [-0.2, 0) is 19.1 Å². The van der Waals surface area contributed by atoms with E-state index in [1.807, 2.05) is 0 Å². The molecular weight excluding hydrogens is 248 g/mol. The predicted octanol–water partition coefficient (Wildman–Crippen LogP) is 2.42. The van der Waals surface area contributed by atoms with Crippen LogP contribution in [0.15, 0.2) is 0 Å². The highest BCUT2D eigenvalue weighted by molar-refractivity contribution is 5.72. The Bertz CT molecular complexity index is 329. The molecule has 1 rings (SSSR count). The number of isocyanates is 2. The van der Waals surface area contributed by atoms with Crippen molar-refractivity contribution in [2.75, 3.05) is 7.11 Å². The third-order valence-corrected chi connectivity index (χ3v) is 2.92. The topological polar surface area (TPSA) is 108 Å². The van der Waals surface area contributed by atoms with Crippen LogP contribution in [0.1, 0.15) is 40.0 Å². The SMILES string of the molecule is COC(=O)C1CC(C)CC(C)(C)C1.N=C=O.N=C=O. The molecule has 0 radical (unpaired) electrons. The number of carbonyl (C=O) groups is 1. The van der Waals surface area contributed by atoms with Gasteiger partial charge >= 0.3 is 5.97 Å². The van der Waals surface area contributed by atoms with E-state index in [1.165, 1.54) is 13.5 Å². The zero-order chi connectivity index (χ0) is 15.5. The van der Waals surface area contributed by atoms with Crippen molar-refractivity contribution in [3.63, 3.8) is 0 Å². The summed E-state index contributed by atoms with van der Waals surface area (Å²) >= 11 is 0. The van der Waals surface area contributed by atoms with Crippen molar-refractivity contribution in [2.24, 2.45) is 17.3 Å². The standard InChI is InChI=1S/C11H20O2.2CHNO/c1-8-5-9(10(12)13-4)7-11(2,3)6-8;2*2-1-3/h8-9H,5-7H2,1-4H3;2*2H. The number of rotatable bonds is 1. The largest absolute Gasteiger partial charge is 0.469 e. The highest BCUT2D eigenvalue weighted by Gasteiger charge is 2.35. The fourth-order valence-corrected chi connectivity index (χ4v) is 2.69. The second kappa shape index (κ2) is 10.2. The van der Waals surface area contributed by atoms with Gasteiger partial charge in [-0.3, -0.25) is 4.79 Å². The Hall–Kier alpha value is -1.77. The van der Waals surface area contributed by atoms with Gasteiger partial charge < -0.3 is 4.74 Å². The zero-order valence-electron chi connectivity index (χ0n) is 11.9. The molecule has 1 fully saturated rings. The minimum Gasteiger partial charge on any atom is -0.469 e. The van der Waals surface area contributed by atoms with Gasteiger partial charge in [-0.15, -0.1) is 0 Å². The monoisotopic (exact) mass is 270 g/mol. The Labute approximate surface area is 113 Å². The van der Waals surface area contributed by atoms with Gasteiger partial charge in [-0.2, -0.15) is 0 Å². The van der Waals surface area contributed by atoms with E-state index in [1.54, 1.807) is 0 Å². The molecule has 0 saturated heterocycles. The van der Waals surface area contributed by atoms with E-state index in [4.69, 9.17) is 25.1 Å². The normalized spacial score (nSPS) is 23.2. The highest BCUT2D eigenvalue weighted by atomic mass is 16.5. The number of hydrogen-bond acceptors (Lipinski definition) is 6. The summed E-state index contributed by atoms with van der Waals surface area (Å²) < 4.78 is 4.79. The molecular formula is C13H22N2O4. The summed E-state index contributed by atoms with van der Waals surface area (Å²) in [5.41, 5.74) is 0.302. The molecule has 1 aliphatic carbocycles. The van der Waals surface area contributed by atoms with Gasteiger partial charge in [0.1, 0.15) is 0 Å². The molecule has 0 amide bonds. The van der Waals surface area contributed by atoms with Crippen LogP contribution < -0.4 is 0 Å². The molecule has 6 heteroatoms. The molecule has 0 aromatic heterocycles. The molecule has 0 aromatic carbocycles. The van der Waals surface area contributed by atoms with Crippen LogP contribution in [0.5, 0.6) is 0 Å². The zero-order valence-corrected chi connectivity index (χ0v) is 11.9. The van der Waals surface area contributed by atoms with E-state index in [-0.39, 0.29) is 11.9 Å². The van der Waals surface area contributed by atoms with E-state index in [0.717, 1.165) is 25.0 Å². The second-order valence-corrected chi connectivity index (χ2v) is 5.34. The third-order valence-electron chi connectivity index (χ3n) is 2.92. The van der Waals surface area contributed by atoms with Gasteiger partial charge in [-0.1, -0.05) is 20.8 Å². The van der Waals surface area contributed by atoms with Crippen LogP contribution in [0.4, 0.5) is 0 Å². The highest BCUT2D eigenvalue weighted by Crippen LogP contribution is 2.41. The lowest BCUT2D eigenvalue weighted by Gasteiger charge is -2.37. The van der Waals surface area contributed by atoms with Crippen molar-refractivity contribution in [1.29, 1.82) is 10.8 Å². The molecule has 1 saturated carbocycles. The van der Waals surface area contributed by atoms with E-state index < -0.39 is 0 Å². The molecule has 0 aliphatic heterocycles. The van der Waals surface area contributed by atoms with Gasteiger partial charge in [0.05, 0.1) is 13.0 Å². The van der Waals surface area contributed by atoms with Gasteiger partial charge in [0.2, 0.25) is 12.2 Å². The average molecular weight is 270 g/mol. The van der Waals surface area contributed by atoms with Crippen LogP contribution in [0, 0.1) is 28.1 Å². The van der Waals surface area contributed by atoms with Gasteiger partial charge in [0.25, 0.3) is 0 Å². The molecule has 2 atom stereocenters. The molecule has 2 N–H and O–H groups in total. The quantitative estimate of drug-likeness (QED) is 0.433. The molecule has 0 bridgehead atoms. The Morgan fingerprint density at radius 3 is 1.95 bits per heavy atom. The Morgan fingerprint density at radius 1 is 1.21 bits per heavy atom. The molecule has 108 valence electrons. The average Bonchev–Trinajstić information content (AvgIpc) is 2.27. The number of carbonyl (C=O) groups excluding carboxylic acids is 3. The molecule has 2 unspecified atom stereocenters. The first kappa shape index (κ1) is 19.6. The van der Waals surface area contributed by atoms with Gasteiger partial charge in [0.15, 0.2) is 0 Å². The van der Waals surface area contributed by atoms with Crippen LogP contribution in [-0.4, -0.2) is 25.2 Å². The summed E-state index contributed by atoms with van der Waals surface area (Å²) in [4.78, 5) is 28.1. The van der Waals surface area contributed by atoms with Crippen LogP contribution in [0.3, 0.4) is 0 Å². The minimum atomic E-state index is -0.0281. The lowest BCUT2D eigenvalue weighted by atomic mass is 9.68. The summed E-state index contributed by atoms with van der Waals surface area (Å²) in [6.07, 6.45) is 4.70. The summed E-state index contributed by atoms with van der Waals surface area (Å²) in [6, 6.07) is 0. The van der Waals surface area contributed by atoms with Crippen molar-refractivity contribution in [2.45, 2.75) is 40.0 Å². The Balaban J connectivity index is 0. The fraction of sp³-hybridized carbons (Fsp3) is 0.769. The first-order valence-electron chi connectivity index (χ1n) is 5.93. The number of ether oxygens (including phenoxy) is 1. The first-order valence-corrected chi connectivity index (χ1v) is 5.93. The number of hydrogen-bond donors (Lipinski definition) is 2. The maximum absolute atomic E-state index is 11.4. The predicted molar refractivity (Wildman–Crippen MR) is 69.1 cm³/mol. The first-order chi connectivity index (χ1) is 8.77. The molecule has 0 aromatic rings. The maximum atomic E-state index is 11.4. The van der Waals surface area contributed by atoms with Gasteiger partial charge in [0, 0.05) is 0 Å². The minimum absolute atomic E-state index is 0.0281. The number of methoxy groups -OCH3 is 1. The van der Waals surface area contributed by atoms with E-state index in [9.17, 15) is 4.79 Å². The second-order valence-electron chi connectivity index (χ2n) is 5.34. The van der Waals surface area contributed by atoms with E-state index >= 15 is 0 Å². The van der Waals surface area contributed by atoms with Crippen LogP contribution in [0.25, 0.3) is 0 Å². The Kier molecular flexibility index (Phi) is 10.5. The maximum Gasteiger partial charge on any atom is 0.308 e. The van der Waals surface area contributed by atoms with E-state index in [0.29, 0.717) is 11.3 Å². The molecule has 0 heterocycles. The fourth-order valence-electron chi connectivity index (χ4n) is 2.69. The number of esters is 1.